The maximum Gasteiger partial charge on any atom is 0.149 e. The molecule has 0 radical (unpaired) electrons. The molecule has 1 atom stereocenters. The maximum absolute atomic E-state index is 14.2. The van der Waals surface area contributed by atoms with Crippen molar-refractivity contribution < 1.29 is 4.39 Å². The number of alkyl halides is 1. The van der Waals surface area contributed by atoms with Crippen LogP contribution in [0.15, 0.2) is 6.07 Å². The second-order valence-electron chi connectivity index (χ2n) is 5.69. The number of nitrogens with zero attached hydrogens (tertiary/aromatic N) is 2. The second kappa shape index (κ2) is 3.06. The fourth-order valence-corrected chi connectivity index (χ4v) is 2.06. The van der Waals surface area contributed by atoms with Gasteiger partial charge in [0.2, 0.25) is 0 Å². The third-order valence-corrected chi connectivity index (χ3v) is 3.10. The highest BCUT2D eigenvalue weighted by atomic mass is 19.1. The molecule has 1 aromatic heterocycles. The molecule has 0 amide bonds. The third-order valence-electron chi connectivity index (χ3n) is 3.10. The Morgan fingerprint density at radius 3 is 2.67 bits per heavy atom. The van der Waals surface area contributed by atoms with E-state index in [2.05, 4.69) is 25.9 Å². The Morgan fingerprint density at radius 1 is 1.47 bits per heavy atom. The van der Waals surface area contributed by atoms with Crippen LogP contribution in [0.25, 0.3) is 0 Å². The first-order valence-electron chi connectivity index (χ1n) is 5.58. The predicted octanol–water partition coefficient (Wildman–Crippen LogP) is 3.16. The van der Waals surface area contributed by atoms with Crippen LogP contribution in [-0.4, -0.2) is 9.78 Å². The summed E-state index contributed by atoms with van der Waals surface area (Å²) in [5.41, 5.74) is 0.539. The Morgan fingerprint density at radius 2 is 2.13 bits per heavy atom. The van der Waals surface area contributed by atoms with Crippen LogP contribution < -0.4 is 0 Å². The Bertz CT molecular complexity index is 371. The molecule has 0 saturated carbocycles. The lowest BCUT2D eigenvalue weighted by Crippen LogP contribution is -2.26. The fourth-order valence-electron chi connectivity index (χ4n) is 2.06. The van der Waals surface area contributed by atoms with Crippen LogP contribution in [0.2, 0.25) is 0 Å². The Hall–Kier alpha value is -0.860. The summed E-state index contributed by atoms with van der Waals surface area (Å²) in [5, 5.41) is 4.49. The van der Waals surface area contributed by atoms with E-state index in [0.717, 1.165) is 24.4 Å². The van der Waals surface area contributed by atoms with Gasteiger partial charge in [-0.25, -0.2) is 4.39 Å². The molecule has 0 aromatic carbocycles. The summed E-state index contributed by atoms with van der Waals surface area (Å²) in [7, 11) is 0. The SMILES string of the molecule is CC(C)(C)c1cc2n(n1)CCCC2(C)F. The minimum Gasteiger partial charge on any atom is -0.266 e. The molecule has 84 valence electrons. The Labute approximate surface area is 90.5 Å². The zero-order valence-corrected chi connectivity index (χ0v) is 9.97. The number of hydrogen-bond donors (Lipinski definition) is 0. The first-order chi connectivity index (χ1) is 6.81. The summed E-state index contributed by atoms with van der Waals surface area (Å²) in [6.45, 7) is 8.84. The van der Waals surface area contributed by atoms with Gasteiger partial charge in [0.15, 0.2) is 0 Å². The molecule has 1 unspecified atom stereocenters. The van der Waals surface area contributed by atoms with E-state index < -0.39 is 5.67 Å². The Kier molecular flexibility index (Phi) is 2.18. The molecule has 2 nitrogen and oxygen atoms in total. The van der Waals surface area contributed by atoms with Crippen molar-refractivity contribution in [3.63, 3.8) is 0 Å². The highest BCUT2D eigenvalue weighted by Gasteiger charge is 2.35. The van der Waals surface area contributed by atoms with E-state index in [1.54, 1.807) is 6.92 Å². The van der Waals surface area contributed by atoms with E-state index in [1.165, 1.54) is 0 Å². The summed E-state index contributed by atoms with van der Waals surface area (Å²) < 4.78 is 16.0. The van der Waals surface area contributed by atoms with Gasteiger partial charge in [-0.3, -0.25) is 4.68 Å². The average molecular weight is 210 g/mol. The molecule has 0 bridgehead atoms. The van der Waals surface area contributed by atoms with Gasteiger partial charge in [0.1, 0.15) is 5.67 Å². The lowest BCUT2D eigenvalue weighted by Gasteiger charge is -2.26. The molecule has 1 aliphatic heterocycles. The van der Waals surface area contributed by atoms with Gasteiger partial charge < -0.3 is 0 Å². The van der Waals surface area contributed by atoms with Crippen LogP contribution in [-0.2, 0) is 17.6 Å². The van der Waals surface area contributed by atoms with Crippen LogP contribution in [0.3, 0.4) is 0 Å². The number of aryl methyl sites for hydroxylation is 1. The van der Waals surface area contributed by atoms with Crippen molar-refractivity contribution in [2.75, 3.05) is 0 Å². The van der Waals surface area contributed by atoms with Crippen LogP contribution in [0.1, 0.15) is 51.9 Å². The van der Waals surface area contributed by atoms with E-state index in [0.29, 0.717) is 6.42 Å². The molecule has 0 saturated heterocycles. The quantitative estimate of drug-likeness (QED) is 0.643. The highest BCUT2D eigenvalue weighted by Crippen LogP contribution is 2.36. The minimum absolute atomic E-state index is 0.000417. The van der Waals surface area contributed by atoms with Gasteiger partial charge in [-0.2, -0.15) is 5.10 Å². The molecule has 0 fully saturated rings. The summed E-state index contributed by atoms with van der Waals surface area (Å²) in [6, 6.07) is 1.93. The largest absolute Gasteiger partial charge is 0.266 e. The van der Waals surface area contributed by atoms with Crippen molar-refractivity contribution in [2.24, 2.45) is 0 Å². The summed E-state index contributed by atoms with van der Waals surface area (Å²) >= 11 is 0. The van der Waals surface area contributed by atoms with Crippen molar-refractivity contribution >= 4 is 0 Å². The average Bonchev–Trinajstić information content (AvgIpc) is 2.47. The normalized spacial score (nSPS) is 26.5. The van der Waals surface area contributed by atoms with E-state index in [1.807, 2.05) is 10.7 Å². The van der Waals surface area contributed by atoms with Crippen molar-refractivity contribution in [2.45, 2.75) is 58.2 Å². The number of rotatable bonds is 0. The van der Waals surface area contributed by atoms with Crippen LogP contribution in [0, 0.1) is 0 Å². The van der Waals surface area contributed by atoms with E-state index in [4.69, 9.17) is 0 Å². The molecule has 0 aliphatic carbocycles. The number of fused-ring (bicyclic) bond motifs is 1. The van der Waals surface area contributed by atoms with Crippen LogP contribution in [0.5, 0.6) is 0 Å². The van der Waals surface area contributed by atoms with E-state index >= 15 is 0 Å². The molecule has 2 heterocycles. The molecule has 1 aromatic rings. The molecular weight excluding hydrogens is 191 g/mol. The molecule has 15 heavy (non-hydrogen) atoms. The number of halogens is 1. The second-order valence-corrected chi connectivity index (χ2v) is 5.69. The van der Waals surface area contributed by atoms with E-state index in [-0.39, 0.29) is 5.41 Å². The van der Waals surface area contributed by atoms with Crippen molar-refractivity contribution in [1.29, 1.82) is 0 Å². The molecule has 3 heteroatoms. The summed E-state index contributed by atoms with van der Waals surface area (Å²) in [4.78, 5) is 0. The van der Waals surface area contributed by atoms with Crippen LogP contribution in [0.4, 0.5) is 4.39 Å². The topological polar surface area (TPSA) is 17.8 Å². The molecule has 2 rings (SSSR count). The molecule has 0 N–H and O–H groups in total. The predicted molar refractivity (Wildman–Crippen MR) is 58.6 cm³/mol. The first-order valence-corrected chi connectivity index (χ1v) is 5.58. The van der Waals surface area contributed by atoms with Gasteiger partial charge in [-0.15, -0.1) is 0 Å². The van der Waals surface area contributed by atoms with Crippen molar-refractivity contribution in [3.05, 3.63) is 17.5 Å². The molecule has 0 spiro atoms. The number of aromatic nitrogens is 2. The lowest BCUT2D eigenvalue weighted by atomic mass is 9.89. The van der Waals surface area contributed by atoms with Crippen molar-refractivity contribution in [1.82, 2.24) is 9.78 Å². The standard InChI is InChI=1S/C12H19FN2/c1-11(2,3)9-8-10-12(4,13)6-5-7-15(10)14-9/h8H,5-7H2,1-4H3. The zero-order valence-electron chi connectivity index (χ0n) is 9.97. The van der Waals surface area contributed by atoms with E-state index in [9.17, 15) is 4.39 Å². The smallest absolute Gasteiger partial charge is 0.149 e. The van der Waals surface area contributed by atoms with Gasteiger partial charge in [-0.1, -0.05) is 20.8 Å². The Balaban J connectivity index is 2.47. The molecular formula is C12H19FN2. The zero-order chi connectivity index (χ0) is 11.3. The minimum atomic E-state index is -1.20. The van der Waals surface area contributed by atoms with Gasteiger partial charge in [0.25, 0.3) is 0 Å². The summed E-state index contributed by atoms with van der Waals surface area (Å²) in [6.07, 6.45) is 1.49. The maximum atomic E-state index is 14.2. The van der Waals surface area contributed by atoms with Gasteiger partial charge in [-0.05, 0) is 25.8 Å². The fraction of sp³-hybridized carbons (Fsp3) is 0.750. The summed E-state index contributed by atoms with van der Waals surface area (Å²) in [5.74, 6) is 0. The molecule has 1 aliphatic rings. The van der Waals surface area contributed by atoms with Gasteiger partial charge in [0.05, 0.1) is 11.4 Å². The highest BCUT2D eigenvalue weighted by molar-refractivity contribution is 5.23. The van der Waals surface area contributed by atoms with Gasteiger partial charge >= 0.3 is 0 Å². The monoisotopic (exact) mass is 210 g/mol. The third kappa shape index (κ3) is 1.80. The van der Waals surface area contributed by atoms with Gasteiger partial charge in [0, 0.05) is 12.0 Å². The lowest BCUT2D eigenvalue weighted by molar-refractivity contribution is 0.134. The first kappa shape index (κ1) is 10.7. The van der Waals surface area contributed by atoms with Crippen molar-refractivity contribution in [3.8, 4) is 0 Å². The number of hydrogen-bond acceptors (Lipinski definition) is 1. The van der Waals surface area contributed by atoms with Crippen LogP contribution >= 0.6 is 0 Å².